The summed E-state index contributed by atoms with van der Waals surface area (Å²) in [4.78, 5) is 10.7. The fourth-order valence-electron chi connectivity index (χ4n) is 1.54. The number of aryl methyl sites for hydroxylation is 1. The minimum atomic E-state index is 0.765. The molecule has 0 aliphatic heterocycles. The molecule has 0 aliphatic carbocycles. The van der Waals surface area contributed by atoms with Gasteiger partial charge in [-0.25, -0.2) is 0 Å². The second-order valence-corrected chi connectivity index (χ2v) is 5.94. The summed E-state index contributed by atoms with van der Waals surface area (Å²) in [6.07, 6.45) is 1.93. The Labute approximate surface area is 100 Å². The Kier molecular flexibility index (Phi) is 2.88. The van der Waals surface area contributed by atoms with Gasteiger partial charge in [0.15, 0.2) is 0 Å². The normalized spacial score (nSPS) is 10.7. The molecule has 0 aliphatic rings. The zero-order chi connectivity index (χ0) is 10.1. The van der Waals surface area contributed by atoms with Gasteiger partial charge >= 0.3 is 0 Å². The molecule has 0 radical (unpaired) electrons. The maximum atomic E-state index is 10.7. The minimum absolute atomic E-state index is 0.765. The van der Waals surface area contributed by atoms with Crippen molar-refractivity contribution in [2.75, 3.05) is 0 Å². The fraction of sp³-hybridized carbons (Fsp3) is 0.182. The molecule has 14 heavy (non-hydrogen) atoms. The number of thiophene rings is 1. The number of fused-ring (bicyclic) bond motifs is 1. The molecule has 2 aromatic rings. The quantitative estimate of drug-likeness (QED) is 0.607. The van der Waals surface area contributed by atoms with Crippen molar-refractivity contribution < 1.29 is 4.79 Å². The third-order valence-corrected chi connectivity index (χ3v) is 4.57. The van der Waals surface area contributed by atoms with Crippen LogP contribution in [0.4, 0.5) is 0 Å². The molecule has 0 amide bonds. The molecule has 0 atom stereocenters. The summed E-state index contributed by atoms with van der Waals surface area (Å²) >= 11 is 4.16. The lowest BCUT2D eigenvalue weighted by Crippen LogP contribution is -1.82. The van der Waals surface area contributed by atoms with Crippen LogP contribution in [0.2, 0.25) is 0 Å². The van der Waals surface area contributed by atoms with Gasteiger partial charge in [0.25, 0.3) is 0 Å². The van der Waals surface area contributed by atoms with Gasteiger partial charge in [-0.1, -0.05) is 13.0 Å². The van der Waals surface area contributed by atoms with Gasteiger partial charge in [0.2, 0.25) is 0 Å². The molecule has 1 nitrogen and oxygen atoms in total. The van der Waals surface area contributed by atoms with E-state index in [2.05, 4.69) is 29.5 Å². The standard InChI is InChI=1S/C11H9IOS/c1-2-8-9-5-7(6-13)3-4-10(9)14-11(8)12/h3-6H,2H2,1H3. The van der Waals surface area contributed by atoms with Crippen LogP contribution in [-0.4, -0.2) is 6.29 Å². The molecule has 0 saturated heterocycles. The first-order valence-corrected chi connectivity index (χ1v) is 6.32. The van der Waals surface area contributed by atoms with Crippen molar-refractivity contribution in [2.45, 2.75) is 13.3 Å². The molecule has 0 saturated carbocycles. The Morgan fingerprint density at radius 1 is 1.50 bits per heavy atom. The number of halogens is 1. The first-order valence-electron chi connectivity index (χ1n) is 4.42. The highest BCUT2D eigenvalue weighted by Gasteiger charge is 2.08. The molecule has 0 spiro atoms. The van der Waals surface area contributed by atoms with Crippen LogP contribution in [0.15, 0.2) is 18.2 Å². The highest BCUT2D eigenvalue weighted by molar-refractivity contribution is 14.1. The molecule has 0 bridgehead atoms. The maximum absolute atomic E-state index is 10.7. The molecular formula is C11H9IOS. The van der Waals surface area contributed by atoms with Gasteiger partial charge in [0.1, 0.15) is 6.29 Å². The Bertz CT molecular complexity index is 487. The highest BCUT2D eigenvalue weighted by Crippen LogP contribution is 2.33. The molecule has 1 aromatic carbocycles. The number of rotatable bonds is 2. The molecule has 0 unspecified atom stereocenters. The van der Waals surface area contributed by atoms with E-state index in [-0.39, 0.29) is 0 Å². The number of carbonyl (C=O) groups is 1. The van der Waals surface area contributed by atoms with E-state index in [4.69, 9.17) is 0 Å². The van der Waals surface area contributed by atoms with Crippen LogP contribution in [0.1, 0.15) is 22.8 Å². The van der Waals surface area contributed by atoms with Crippen LogP contribution < -0.4 is 0 Å². The molecule has 2 rings (SSSR count). The third-order valence-electron chi connectivity index (χ3n) is 2.26. The van der Waals surface area contributed by atoms with Gasteiger partial charge in [-0.2, -0.15) is 0 Å². The predicted molar refractivity (Wildman–Crippen MR) is 69.3 cm³/mol. The van der Waals surface area contributed by atoms with Gasteiger partial charge in [-0.05, 0) is 52.1 Å². The Hall–Kier alpha value is -0.420. The summed E-state index contributed by atoms with van der Waals surface area (Å²) < 4.78 is 2.61. The average molecular weight is 316 g/mol. The van der Waals surface area contributed by atoms with Crippen molar-refractivity contribution in [1.29, 1.82) is 0 Å². The van der Waals surface area contributed by atoms with Crippen molar-refractivity contribution in [3.05, 3.63) is 32.2 Å². The summed E-state index contributed by atoms with van der Waals surface area (Å²) in [5, 5.41) is 1.24. The first-order chi connectivity index (χ1) is 6.76. The van der Waals surface area contributed by atoms with Crippen molar-refractivity contribution in [3.63, 3.8) is 0 Å². The molecule has 3 heteroatoms. The van der Waals surface area contributed by atoms with Gasteiger partial charge in [-0.3, -0.25) is 4.79 Å². The van der Waals surface area contributed by atoms with Crippen LogP contribution in [0.5, 0.6) is 0 Å². The van der Waals surface area contributed by atoms with Crippen molar-refractivity contribution >= 4 is 50.3 Å². The summed E-state index contributed by atoms with van der Waals surface area (Å²) in [6, 6.07) is 5.90. The second kappa shape index (κ2) is 3.98. The van der Waals surface area contributed by atoms with Crippen molar-refractivity contribution in [1.82, 2.24) is 0 Å². The van der Waals surface area contributed by atoms with Crippen LogP contribution >= 0.6 is 33.9 Å². The van der Waals surface area contributed by atoms with Crippen molar-refractivity contribution in [2.24, 2.45) is 0 Å². The summed E-state index contributed by atoms with van der Waals surface area (Å²) in [6.45, 7) is 2.15. The third kappa shape index (κ3) is 1.59. The molecule has 72 valence electrons. The van der Waals surface area contributed by atoms with E-state index in [0.29, 0.717) is 0 Å². The Balaban J connectivity index is 2.77. The van der Waals surface area contributed by atoms with Crippen LogP contribution in [0.3, 0.4) is 0 Å². The highest BCUT2D eigenvalue weighted by atomic mass is 127. The zero-order valence-corrected chi connectivity index (χ0v) is 10.7. The second-order valence-electron chi connectivity index (χ2n) is 3.08. The molecule has 0 fully saturated rings. The Morgan fingerprint density at radius 2 is 2.29 bits per heavy atom. The first kappa shape index (κ1) is 10.1. The average Bonchev–Trinajstić information content (AvgIpc) is 2.52. The maximum Gasteiger partial charge on any atom is 0.150 e. The lowest BCUT2D eigenvalue weighted by molar-refractivity contribution is 0.112. The molecule has 1 aromatic heterocycles. The van der Waals surface area contributed by atoms with E-state index < -0.39 is 0 Å². The van der Waals surface area contributed by atoms with E-state index in [9.17, 15) is 4.79 Å². The van der Waals surface area contributed by atoms with E-state index in [1.807, 2.05) is 18.2 Å². The van der Waals surface area contributed by atoms with Crippen LogP contribution in [0.25, 0.3) is 10.1 Å². The number of carbonyl (C=O) groups excluding carboxylic acids is 1. The zero-order valence-electron chi connectivity index (χ0n) is 7.71. The smallest absolute Gasteiger partial charge is 0.150 e. The summed E-state index contributed by atoms with van der Waals surface area (Å²) in [5.74, 6) is 0. The van der Waals surface area contributed by atoms with Crippen LogP contribution in [0, 0.1) is 2.88 Å². The van der Waals surface area contributed by atoms with Gasteiger partial charge in [0, 0.05) is 10.3 Å². The van der Waals surface area contributed by atoms with Crippen molar-refractivity contribution in [3.8, 4) is 0 Å². The molecule has 0 N–H and O–H groups in total. The molecular weight excluding hydrogens is 307 g/mol. The summed E-state index contributed by atoms with van der Waals surface area (Å²) in [7, 11) is 0. The Morgan fingerprint density at radius 3 is 2.93 bits per heavy atom. The number of hydrogen-bond acceptors (Lipinski definition) is 2. The van der Waals surface area contributed by atoms with Crippen LogP contribution in [-0.2, 0) is 6.42 Å². The van der Waals surface area contributed by atoms with Gasteiger partial charge in [0.05, 0.1) is 2.88 Å². The van der Waals surface area contributed by atoms with E-state index >= 15 is 0 Å². The monoisotopic (exact) mass is 316 g/mol. The number of benzene rings is 1. The molecule has 1 heterocycles. The van der Waals surface area contributed by atoms with E-state index in [0.717, 1.165) is 18.3 Å². The lowest BCUT2D eigenvalue weighted by Gasteiger charge is -1.95. The predicted octanol–water partition coefficient (Wildman–Crippen LogP) is 3.88. The largest absolute Gasteiger partial charge is 0.298 e. The van der Waals surface area contributed by atoms with Gasteiger partial charge < -0.3 is 0 Å². The minimum Gasteiger partial charge on any atom is -0.298 e. The summed E-state index contributed by atoms with van der Waals surface area (Å²) in [5.41, 5.74) is 2.13. The topological polar surface area (TPSA) is 17.1 Å². The van der Waals surface area contributed by atoms with Gasteiger partial charge in [-0.15, -0.1) is 11.3 Å². The SMILES string of the molecule is CCc1c(I)sc2ccc(C=O)cc12. The fourth-order valence-corrected chi connectivity index (χ4v) is 3.92. The van der Waals surface area contributed by atoms with E-state index in [1.165, 1.54) is 18.5 Å². The number of aldehydes is 1. The lowest BCUT2D eigenvalue weighted by atomic mass is 10.1. The van der Waals surface area contributed by atoms with E-state index in [1.54, 1.807) is 11.3 Å². The number of hydrogen-bond donors (Lipinski definition) is 0.